The molecule has 0 fully saturated rings. The van der Waals surface area contributed by atoms with Crippen LogP contribution in [-0.4, -0.2) is 42.3 Å². The normalized spacial score (nSPS) is 13.1. The molecule has 18 heavy (non-hydrogen) atoms. The number of carbonyl (C=O) groups excluding carboxylic acids is 1. The zero-order valence-corrected chi connectivity index (χ0v) is 11.2. The van der Waals surface area contributed by atoms with E-state index in [1.165, 1.54) is 12.3 Å². The molecule has 1 rings (SSSR count). The Morgan fingerprint density at radius 2 is 2.28 bits per heavy atom. The number of anilines is 1. The lowest BCUT2D eigenvalue weighted by molar-refractivity contribution is -0.117. The minimum Gasteiger partial charge on any atom is -0.320 e. The fourth-order valence-electron chi connectivity index (χ4n) is 1.07. The molecule has 0 aliphatic carbocycles. The predicted octanol–water partition coefficient (Wildman–Crippen LogP) is -0.169. The second kappa shape index (κ2) is 6.07. The number of nitrogens with one attached hydrogen (secondary N) is 1. The Morgan fingerprint density at radius 1 is 1.61 bits per heavy atom. The third kappa shape index (κ3) is 5.39. The lowest BCUT2D eigenvalue weighted by atomic mass is 10.2. The van der Waals surface area contributed by atoms with Crippen LogP contribution in [0.3, 0.4) is 0 Å². The van der Waals surface area contributed by atoms with E-state index >= 15 is 0 Å². The summed E-state index contributed by atoms with van der Waals surface area (Å²) in [6.45, 7) is 0. The molecular formula is C9H13ClN4O3S. The van der Waals surface area contributed by atoms with Crippen LogP contribution in [0.5, 0.6) is 0 Å². The summed E-state index contributed by atoms with van der Waals surface area (Å²) in [5.74, 6) is -0.680. The molecule has 7 nitrogen and oxygen atoms in total. The summed E-state index contributed by atoms with van der Waals surface area (Å²) < 4.78 is 21.9. The third-order valence-electron chi connectivity index (χ3n) is 1.99. The second-order valence-corrected chi connectivity index (χ2v) is 6.36. The van der Waals surface area contributed by atoms with Crippen molar-refractivity contribution in [1.29, 1.82) is 0 Å². The minimum absolute atomic E-state index is 0.0299. The number of nitrogens with zero attached hydrogens (tertiary/aromatic N) is 2. The molecule has 9 heteroatoms. The Morgan fingerprint density at radius 3 is 2.83 bits per heavy atom. The first-order chi connectivity index (χ1) is 8.28. The second-order valence-electron chi connectivity index (χ2n) is 3.72. The van der Waals surface area contributed by atoms with Gasteiger partial charge in [-0.2, -0.15) is 0 Å². The molecule has 100 valence electrons. The van der Waals surface area contributed by atoms with Gasteiger partial charge in [-0.25, -0.2) is 18.4 Å². The van der Waals surface area contributed by atoms with E-state index < -0.39 is 21.8 Å². The molecule has 0 spiro atoms. The number of nitrogens with two attached hydrogens (primary N) is 1. The molecule has 1 aromatic rings. The van der Waals surface area contributed by atoms with Gasteiger partial charge in [0.1, 0.15) is 15.0 Å². The zero-order chi connectivity index (χ0) is 13.8. The lowest BCUT2D eigenvalue weighted by Gasteiger charge is -2.10. The van der Waals surface area contributed by atoms with Crippen molar-refractivity contribution in [3.8, 4) is 0 Å². The molecule has 0 aromatic carbocycles. The van der Waals surface area contributed by atoms with Crippen LogP contribution >= 0.6 is 11.6 Å². The number of halogens is 1. The summed E-state index contributed by atoms with van der Waals surface area (Å²) in [7, 11) is -3.14. The summed E-state index contributed by atoms with van der Waals surface area (Å²) in [5.41, 5.74) is 5.55. The highest BCUT2D eigenvalue weighted by molar-refractivity contribution is 7.90. The van der Waals surface area contributed by atoms with Crippen LogP contribution in [0.4, 0.5) is 5.95 Å². The molecule has 1 heterocycles. The molecule has 1 unspecified atom stereocenters. The van der Waals surface area contributed by atoms with Gasteiger partial charge < -0.3 is 5.73 Å². The van der Waals surface area contributed by atoms with Crippen LogP contribution in [-0.2, 0) is 14.6 Å². The number of rotatable bonds is 5. The third-order valence-corrected chi connectivity index (χ3v) is 3.18. The number of aromatic nitrogens is 2. The van der Waals surface area contributed by atoms with Gasteiger partial charge in [0, 0.05) is 12.5 Å². The van der Waals surface area contributed by atoms with E-state index in [9.17, 15) is 13.2 Å². The number of sulfone groups is 1. The molecule has 0 saturated carbocycles. The Hall–Kier alpha value is -1.25. The molecule has 1 atom stereocenters. The van der Waals surface area contributed by atoms with Crippen LogP contribution in [0.15, 0.2) is 12.3 Å². The smallest absolute Gasteiger partial charge is 0.243 e. The van der Waals surface area contributed by atoms with Gasteiger partial charge in [-0.05, 0) is 12.5 Å². The van der Waals surface area contributed by atoms with Gasteiger partial charge in [0.25, 0.3) is 0 Å². The molecule has 1 aromatic heterocycles. The van der Waals surface area contributed by atoms with Gasteiger partial charge in [0.2, 0.25) is 11.9 Å². The Kier molecular flexibility index (Phi) is 5.00. The molecule has 0 radical (unpaired) electrons. The minimum atomic E-state index is -3.14. The summed E-state index contributed by atoms with van der Waals surface area (Å²) >= 11 is 5.62. The monoisotopic (exact) mass is 292 g/mol. The molecule has 0 saturated heterocycles. The maximum absolute atomic E-state index is 11.6. The van der Waals surface area contributed by atoms with E-state index in [1.807, 2.05) is 0 Å². The average Bonchev–Trinajstić information content (AvgIpc) is 2.24. The van der Waals surface area contributed by atoms with E-state index in [1.54, 1.807) is 0 Å². The number of hydrogen-bond acceptors (Lipinski definition) is 6. The first-order valence-corrected chi connectivity index (χ1v) is 7.44. The average molecular weight is 293 g/mol. The van der Waals surface area contributed by atoms with Crippen LogP contribution < -0.4 is 11.1 Å². The molecule has 0 aliphatic heterocycles. The standard InChI is InChI=1S/C9H13ClN4O3S/c1-18(16,17)5-3-6(11)8(15)14-9-12-4-2-7(10)13-9/h2,4,6H,3,5,11H2,1H3,(H,12,13,14,15). The first-order valence-electron chi connectivity index (χ1n) is 5.00. The molecule has 3 N–H and O–H groups in total. The van der Waals surface area contributed by atoms with Gasteiger partial charge >= 0.3 is 0 Å². The van der Waals surface area contributed by atoms with E-state index in [-0.39, 0.29) is 23.3 Å². The number of amides is 1. The van der Waals surface area contributed by atoms with E-state index in [2.05, 4.69) is 15.3 Å². The summed E-state index contributed by atoms with van der Waals surface area (Å²) in [5, 5.41) is 2.54. The number of carbonyl (C=O) groups is 1. The molecular weight excluding hydrogens is 280 g/mol. The Bertz CT molecular complexity index is 534. The highest BCUT2D eigenvalue weighted by Crippen LogP contribution is 2.06. The van der Waals surface area contributed by atoms with Crippen LogP contribution in [0.2, 0.25) is 5.15 Å². The SMILES string of the molecule is CS(=O)(=O)CCC(N)C(=O)Nc1nccc(Cl)n1. The Balaban J connectivity index is 2.55. The quantitative estimate of drug-likeness (QED) is 0.728. The van der Waals surface area contributed by atoms with E-state index in [0.717, 1.165) is 6.26 Å². The highest BCUT2D eigenvalue weighted by Gasteiger charge is 2.16. The summed E-state index contributed by atoms with van der Waals surface area (Å²) in [6.07, 6.45) is 2.50. The molecule has 0 aliphatic rings. The van der Waals surface area contributed by atoms with E-state index in [0.29, 0.717) is 0 Å². The summed E-state index contributed by atoms with van der Waals surface area (Å²) in [4.78, 5) is 19.1. The highest BCUT2D eigenvalue weighted by atomic mass is 35.5. The van der Waals surface area contributed by atoms with Crippen molar-refractivity contribution >= 4 is 33.3 Å². The molecule has 0 bridgehead atoms. The van der Waals surface area contributed by atoms with Gasteiger partial charge in [-0.15, -0.1) is 0 Å². The maximum atomic E-state index is 11.6. The van der Waals surface area contributed by atoms with Gasteiger partial charge in [0.05, 0.1) is 11.8 Å². The lowest BCUT2D eigenvalue weighted by Crippen LogP contribution is -2.37. The zero-order valence-electron chi connectivity index (χ0n) is 9.63. The largest absolute Gasteiger partial charge is 0.320 e. The van der Waals surface area contributed by atoms with Gasteiger partial charge in [-0.1, -0.05) is 11.6 Å². The number of hydrogen-bond donors (Lipinski definition) is 2. The molecule has 1 amide bonds. The first kappa shape index (κ1) is 14.8. The maximum Gasteiger partial charge on any atom is 0.243 e. The van der Waals surface area contributed by atoms with Crippen LogP contribution in [0, 0.1) is 0 Å². The van der Waals surface area contributed by atoms with E-state index in [4.69, 9.17) is 17.3 Å². The van der Waals surface area contributed by atoms with Crippen molar-refractivity contribution in [2.24, 2.45) is 5.73 Å². The fourth-order valence-corrected chi connectivity index (χ4v) is 1.89. The summed E-state index contributed by atoms with van der Waals surface area (Å²) in [6, 6.07) is 0.517. The van der Waals surface area contributed by atoms with Crippen molar-refractivity contribution in [2.45, 2.75) is 12.5 Å². The van der Waals surface area contributed by atoms with Gasteiger partial charge in [0.15, 0.2) is 0 Å². The van der Waals surface area contributed by atoms with Gasteiger partial charge in [-0.3, -0.25) is 10.1 Å². The fraction of sp³-hybridized carbons (Fsp3) is 0.444. The van der Waals surface area contributed by atoms with Crippen molar-refractivity contribution in [3.05, 3.63) is 17.4 Å². The Labute approximate surface area is 110 Å². The van der Waals surface area contributed by atoms with Crippen molar-refractivity contribution in [1.82, 2.24) is 9.97 Å². The van der Waals surface area contributed by atoms with Crippen molar-refractivity contribution < 1.29 is 13.2 Å². The van der Waals surface area contributed by atoms with Crippen molar-refractivity contribution in [2.75, 3.05) is 17.3 Å². The van der Waals surface area contributed by atoms with Crippen molar-refractivity contribution in [3.63, 3.8) is 0 Å². The van der Waals surface area contributed by atoms with Crippen LogP contribution in [0.1, 0.15) is 6.42 Å². The predicted molar refractivity (Wildman–Crippen MR) is 68.0 cm³/mol. The van der Waals surface area contributed by atoms with Crippen LogP contribution in [0.25, 0.3) is 0 Å². The topological polar surface area (TPSA) is 115 Å².